The SMILES string of the molecule is CC(=O)NCCc1ccc(OC2CCC(OCc3ccc(Br)cc3)CC2)cc1-c1cccc(F)c1. The van der Waals surface area contributed by atoms with Crippen LogP contribution in [0.1, 0.15) is 43.7 Å². The van der Waals surface area contributed by atoms with Crippen molar-refractivity contribution in [1.29, 1.82) is 0 Å². The van der Waals surface area contributed by atoms with Gasteiger partial charge in [-0.2, -0.15) is 0 Å². The lowest BCUT2D eigenvalue weighted by molar-refractivity contribution is -0.118. The van der Waals surface area contributed by atoms with Gasteiger partial charge in [0, 0.05) is 17.9 Å². The fourth-order valence-corrected chi connectivity index (χ4v) is 4.71. The minimum Gasteiger partial charge on any atom is -0.490 e. The van der Waals surface area contributed by atoms with Gasteiger partial charge in [0.1, 0.15) is 11.6 Å². The monoisotopic (exact) mass is 539 g/mol. The molecule has 0 bridgehead atoms. The number of hydrogen-bond acceptors (Lipinski definition) is 3. The van der Waals surface area contributed by atoms with Crippen LogP contribution < -0.4 is 10.1 Å². The standard InChI is InChI=1S/C29H31BrFNO3/c1-20(33)32-16-15-22-7-10-28(18-29(22)23-3-2-4-25(31)17-23)35-27-13-11-26(12-14-27)34-19-21-5-8-24(30)9-6-21/h2-10,17-18,26-27H,11-16,19H2,1H3,(H,32,33). The van der Waals surface area contributed by atoms with Gasteiger partial charge in [-0.05, 0) is 90.8 Å². The summed E-state index contributed by atoms with van der Waals surface area (Å²) in [4.78, 5) is 11.3. The number of nitrogens with one attached hydrogen (secondary N) is 1. The number of hydrogen-bond donors (Lipinski definition) is 1. The van der Waals surface area contributed by atoms with Gasteiger partial charge >= 0.3 is 0 Å². The summed E-state index contributed by atoms with van der Waals surface area (Å²) in [7, 11) is 0. The fraction of sp³-hybridized carbons (Fsp3) is 0.345. The molecule has 35 heavy (non-hydrogen) atoms. The second-order valence-corrected chi connectivity index (χ2v) is 9.93. The molecule has 6 heteroatoms. The van der Waals surface area contributed by atoms with Gasteiger partial charge in [-0.15, -0.1) is 0 Å². The van der Waals surface area contributed by atoms with Gasteiger partial charge in [0.05, 0.1) is 18.8 Å². The van der Waals surface area contributed by atoms with Crippen molar-refractivity contribution in [1.82, 2.24) is 5.32 Å². The molecule has 0 atom stereocenters. The molecule has 0 unspecified atom stereocenters. The molecule has 4 rings (SSSR count). The Kier molecular flexibility index (Phi) is 8.94. The van der Waals surface area contributed by atoms with Crippen molar-refractivity contribution in [2.24, 2.45) is 0 Å². The predicted octanol–water partition coefficient (Wildman–Crippen LogP) is 6.84. The molecule has 0 heterocycles. The van der Waals surface area contributed by atoms with Crippen LogP contribution in [0, 0.1) is 5.82 Å². The summed E-state index contributed by atoms with van der Waals surface area (Å²) in [5.41, 5.74) is 3.95. The molecule has 1 aliphatic carbocycles. The Morgan fingerprint density at radius 2 is 1.74 bits per heavy atom. The van der Waals surface area contributed by atoms with Crippen LogP contribution in [0.25, 0.3) is 11.1 Å². The van der Waals surface area contributed by atoms with E-state index < -0.39 is 0 Å². The zero-order valence-corrected chi connectivity index (χ0v) is 21.5. The number of ether oxygens (including phenoxy) is 2. The zero-order valence-electron chi connectivity index (χ0n) is 19.9. The van der Waals surface area contributed by atoms with Crippen LogP contribution >= 0.6 is 15.9 Å². The fourth-order valence-electron chi connectivity index (χ4n) is 4.45. The first kappa shape index (κ1) is 25.4. The normalized spacial score (nSPS) is 17.7. The molecule has 0 aromatic heterocycles. The van der Waals surface area contributed by atoms with Crippen molar-refractivity contribution < 1.29 is 18.7 Å². The van der Waals surface area contributed by atoms with Gasteiger partial charge in [-0.25, -0.2) is 4.39 Å². The average Bonchev–Trinajstić information content (AvgIpc) is 2.85. The van der Waals surface area contributed by atoms with Gasteiger partial charge in [-0.3, -0.25) is 4.79 Å². The lowest BCUT2D eigenvalue weighted by Gasteiger charge is -2.29. The molecule has 3 aromatic rings. The van der Waals surface area contributed by atoms with Crippen LogP contribution in [0.2, 0.25) is 0 Å². The summed E-state index contributed by atoms with van der Waals surface area (Å²) in [5, 5.41) is 2.83. The van der Waals surface area contributed by atoms with E-state index in [0.717, 1.165) is 52.6 Å². The minimum atomic E-state index is -0.275. The number of halogens is 2. The Bertz CT molecular complexity index is 1130. The third kappa shape index (κ3) is 7.64. The first-order valence-electron chi connectivity index (χ1n) is 12.1. The van der Waals surface area contributed by atoms with E-state index in [4.69, 9.17) is 9.47 Å². The average molecular weight is 540 g/mol. The molecular formula is C29H31BrFNO3. The highest BCUT2D eigenvalue weighted by atomic mass is 79.9. The smallest absolute Gasteiger partial charge is 0.216 e. The Balaban J connectivity index is 1.36. The van der Waals surface area contributed by atoms with Crippen LogP contribution in [-0.2, 0) is 22.6 Å². The minimum absolute atomic E-state index is 0.0614. The highest BCUT2D eigenvalue weighted by Gasteiger charge is 2.23. The van der Waals surface area contributed by atoms with E-state index in [-0.39, 0.29) is 23.9 Å². The van der Waals surface area contributed by atoms with Crippen LogP contribution in [0.4, 0.5) is 4.39 Å². The van der Waals surface area contributed by atoms with Gasteiger partial charge in [0.15, 0.2) is 0 Å². The molecule has 0 aliphatic heterocycles. The first-order chi connectivity index (χ1) is 17.0. The van der Waals surface area contributed by atoms with Crippen LogP contribution in [-0.4, -0.2) is 24.7 Å². The molecule has 0 spiro atoms. The molecule has 0 radical (unpaired) electrons. The van der Waals surface area contributed by atoms with Gasteiger partial charge < -0.3 is 14.8 Å². The van der Waals surface area contributed by atoms with Gasteiger partial charge in [0.2, 0.25) is 5.91 Å². The third-order valence-corrected chi connectivity index (χ3v) is 6.84. The number of rotatable bonds is 9. The lowest BCUT2D eigenvalue weighted by Crippen LogP contribution is -2.28. The summed E-state index contributed by atoms with van der Waals surface area (Å²) in [6.07, 6.45) is 4.84. The first-order valence-corrected chi connectivity index (χ1v) is 12.9. The highest BCUT2D eigenvalue weighted by Crippen LogP contribution is 2.32. The summed E-state index contributed by atoms with van der Waals surface area (Å²) < 4.78 is 27.5. The van der Waals surface area contributed by atoms with Crippen molar-refractivity contribution in [2.45, 2.75) is 57.8 Å². The Morgan fingerprint density at radius 1 is 1.00 bits per heavy atom. The zero-order chi connectivity index (χ0) is 24.6. The summed E-state index contributed by atoms with van der Waals surface area (Å²) in [6, 6.07) is 20.8. The summed E-state index contributed by atoms with van der Waals surface area (Å²) in [6.45, 7) is 2.66. The van der Waals surface area contributed by atoms with Crippen molar-refractivity contribution >= 4 is 21.8 Å². The van der Waals surface area contributed by atoms with Crippen LogP contribution in [0.15, 0.2) is 71.2 Å². The molecule has 3 aromatic carbocycles. The maximum Gasteiger partial charge on any atom is 0.216 e. The van der Waals surface area contributed by atoms with E-state index in [1.807, 2.05) is 36.4 Å². The molecule has 0 saturated heterocycles. The van der Waals surface area contributed by atoms with E-state index in [9.17, 15) is 9.18 Å². The number of amides is 1. The van der Waals surface area contributed by atoms with E-state index >= 15 is 0 Å². The van der Waals surface area contributed by atoms with E-state index in [0.29, 0.717) is 19.6 Å². The van der Waals surface area contributed by atoms with Gasteiger partial charge in [-0.1, -0.05) is 46.3 Å². The third-order valence-electron chi connectivity index (χ3n) is 6.31. The molecule has 1 amide bonds. The van der Waals surface area contributed by atoms with Crippen molar-refractivity contribution in [3.63, 3.8) is 0 Å². The molecule has 1 saturated carbocycles. The maximum absolute atomic E-state index is 13.9. The molecule has 1 aliphatic rings. The molecule has 184 valence electrons. The number of benzene rings is 3. The Labute approximate surface area is 215 Å². The van der Waals surface area contributed by atoms with Crippen molar-refractivity contribution in [2.75, 3.05) is 6.54 Å². The number of carbonyl (C=O) groups is 1. The molecular weight excluding hydrogens is 509 g/mol. The topological polar surface area (TPSA) is 47.6 Å². The molecule has 4 nitrogen and oxygen atoms in total. The lowest BCUT2D eigenvalue weighted by atomic mass is 9.94. The predicted molar refractivity (Wildman–Crippen MR) is 140 cm³/mol. The van der Waals surface area contributed by atoms with Crippen LogP contribution in [0.5, 0.6) is 5.75 Å². The molecule has 1 fully saturated rings. The summed E-state index contributed by atoms with van der Waals surface area (Å²) >= 11 is 3.46. The van der Waals surface area contributed by atoms with Gasteiger partial charge in [0.25, 0.3) is 0 Å². The second kappa shape index (κ2) is 12.3. The summed E-state index contributed by atoms with van der Waals surface area (Å²) in [5.74, 6) is 0.448. The van der Waals surface area contributed by atoms with Crippen molar-refractivity contribution in [3.05, 3.63) is 88.1 Å². The quantitative estimate of drug-likeness (QED) is 0.323. The largest absolute Gasteiger partial charge is 0.490 e. The van der Waals surface area contributed by atoms with E-state index in [1.165, 1.54) is 24.6 Å². The second-order valence-electron chi connectivity index (χ2n) is 9.02. The van der Waals surface area contributed by atoms with E-state index in [2.05, 4.69) is 33.4 Å². The Morgan fingerprint density at radius 3 is 2.46 bits per heavy atom. The number of carbonyl (C=O) groups excluding carboxylic acids is 1. The Hall–Kier alpha value is -2.70. The maximum atomic E-state index is 13.9. The highest BCUT2D eigenvalue weighted by molar-refractivity contribution is 9.10. The van der Waals surface area contributed by atoms with E-state index in [1.54, 1.807) is 6.07 Å². The van der Waals surface area contributed by atoms with Crippen LogP contribution in [0.3, 0.4) is 0 Å². The molecule has 1 N–H and O–H groups in total. The van der Waals surface area contributed by atoms with Crippen molar-refractivity contribution in [3.8, 4) is 16.9 Å².